The van der Waals surface area contributed by atoms with Gasteiger partial charge in [-0.15, -0.1) is 11.8 Å². The molecule has 0 fully saturated rings. The van der Waals surface area contributed by atoms with Crippen molar-refractivity contribution in [3.8, 4) is 17.2 Å². The second-order valence-corrected chi connectivity index (χ2v) is 7.12. The van der Waals surface area contributed by atoms with Crippen molar-refractivity contribution in [3.05, 3.63) is 42.0 Å². The van der Waals surface area contributed by atoms with E-state index in [4.69, 9.17) is 14.2 Å². The molecule has 0 radical (unpaired) electrons. The number of ether oxygens (including phenoxy) is 3. The van der Waals surface area contributed by atoms with Crippen LogP contribution in [0.1, 0.15) is 24.2 Å². The Balaban J connectivity index is 2.06. The molecule has 5 nitrogen and oxygen atoms in total. The predicted octanol–water partition coefficient (Wildman–Crippen LogP) is 4.30. The van der Waals surface area contributed by atoms with Gasteiger partial charge in [0.15, 0.2) is 11.5 Å². The van der Waals surface area contributed by atoms with Gasteiger partial charge in [-0.1, -0.05) is 12.1 Å². The summed E-state index contributed by atoms with van der Waals surface area (Å²) in [4.78, 5) is 15.8. The third-order valence-electron chi connectivity index (χ3n) is 4.46. The predicted molar refractivity (Wildman–Crippen MR) is 104 cm³/mol. The molecule has 0 spiro atoms. The molecule has 2 aromatic rings. The SMILES string of the molecule is CCN1C(=O)C[C@@H](c2cc(OC)c(OC)c(OC)c2)Sc2ccccc21. The molecule has 2 aromatic carbocycles. The van der Waals surface area contributed by atoms with Gasteiger partial charge < -0.3 is 19.1 Å². The molecule has 0 saturated heterocycles. The monoisotopic (exact) mass is 373 g/mol. The molecule has 0 aromatic heterocycles. The molecule has 3 rings (SSSR count). The number of anilines is 1. The van der Waals surface area contributed by atoms with Crippen LogP contribution in [0.4, 0.5) is 5.69 Å². The molecule has 138 valence electrons. The number of rotatable bonds is 5. The van der Waals surface area contributed by atoms with E-state index < -0.39 is 0 Å². The van der Waals surface area contributed by atoms with Crippen molar-refractivity contribution in [2.45, 2.75) is 23.5 Å². The first-order valence-corrected chi connectivity index (χ1v) is 9.36. The Morgan fingerprint density at radius 3 is 2.31 bits per heavy atom. The van der Waals surface area contributed by atoms with Crippen molar-refractivity contribution in [2.24, 2.45) is 0 Å². The maximum Gasteiger partial charge on any atom is 0.228 e. The van der Waals surface area contributed by atoms with Crippen LogP contribution in [0.2, 0.25) is 0 Å². The summed E-state index contributed by atoms with van der Waals surface area (Å²) in [6.45, 7) is 2.65. The molecule has 0 N–H and O–H groups in total. The first-order chi connectivity index (χ1) is 12.6. The zero-order valence-corrected chi connectivity index (χ0v) is 16.3. The van der Waals surface area contributed by atoms with E-state index in [2.05, 4.69) is 6.07 Å². The highest BCUT2D eigenvalue weighted by Gasteiger charge is 2.29. The number of nitrogens with zero attached hydrogens (tertiary/aromatic N) is 1. The van der Waals surface area contributed by atoms with Crippen LogP contribution in [0.15, 0.2) is 41.3 Å². The highest BCUT2D eigenvalue weighted by molar-refractivity contribution is 7.99. The van der Waals surface area contributed by atoms with Gasteiger partial charge >= 0.3 is 0 Å². The lowest BCUT2D eigenvalue weighted by atomic mass is 10.1. The molecule has 0 aliphatic carbocycles. The molecule has 0 saturated carbocycles. The van der Waals surface area contributed by atoms with Crippen LogP contribution >= 0.6 is 11.8 Å². The fraction of sp³-hybridized carbons (Fsp3) is 0.350. The van der Waals surface area contributed by atoms with E-state index in [1.807, 2.05) is 42.2 Å². The van der Waals surface area contributed by atoms with Crippen LogP contribution in [0.5, 0.6) is 17.2 Å². The van der Waals surface area contributed by atoms with Crippen molar-refractivity contribution < 1.29 is 19.0 Å². The highest BCUT2D eigenvalue weighted by atomic mass is 32.2. The standard InChI is InChI=1S/C20H23NO4S/c1-5-21-14-8-6-7-9-17(14)26-18(12-19(21)22)13-10-15(23-2)20(25-4)16(11-13)24-3/h6-11,18H,5,12H2,1-4H3/t18-/m0/s1. The number of hydrogen-bond donors (Lipinski definition) is 0. The topological polar surface area (TPSA) is 48.0 Å². The first kappa shape index (κ1) is 18.5. The summed E-state index contributed by atoms with van der Waals surface area (Å²) < 4.78 is 16.3. The van der Waals surface area contributed by atoms with Crippen molar-refractivity contribution in [1.82, 2.24) is 0 Å². The zero-order valence-electron chi connectivity index (χ0n) is 15.4. The number of thioether (sulfide) groups is 1. The van der Waals surface area contributed by atoms with Gasteiger partial charge in [0, 0.05) is 23.1 Å². The third-order valence-corrected chi connectivity index (χ3v) is 5.78. The van der Waals surface area contributed by atoms with E-state index in [-0.39, 0.29) is 11.2 Å². The van der Waals surface area contributed by atoms with Gasteiger partial charge in [0.1, 0.15) is 0 Å². The lowest BCUT2D eigenvalue weighted by molar-refractivity contribution is -0.118. The number of amides is 1. The Morgan fingerprint density at radius 1 is 1.08 bits per heavy atom. The zero-order chi connectivity index (χ0) is 18.7. The fourth-order valence-electron chi connectivity index (χ4n) is 3.20. The van der Waals surface area contributed by atoms with Crippen LogP contribution in [-0.4, -0.2) is 33.8 Å². The van der Waals surface area contributed by atoms with Gasteiger partial charge in [0.25, 0.3) is 0 Å². The number of fused-ring (bicyclic) bond motifs is 1. The minimum atomic E-state index is -0.0334. The van der Waals surface area contributed by atoms with Crippen molar-refractivity contribution in [3.63, 3.8) is 0 Å². The van der Waals surface area contributed by atoms with Gasteiger partial charge in [0.05, 0.1) is 27.0 Å². The van der Waals surface area contributed by atoms with E-state index in [9.17, 15) is 4.79 Å². The van der Waals surface area contributed by atoms with Crippen LogP contribution in [0.25, 0.3) is 0 Å². The van der Waals surface area contributed by atoms with Gasteiger partial charge in [-0.2, -0.15) is 0 Å². The maximum atomic E-state index is 12.8. The Kier molecular flexibility index (Phi) is 5.61. The summed E-state index contributed by atoms with van der Waals surface area (Å²) in [6, 6.07) is 11.9. The fourth-order valence-corrected chi connectivity index (χ4v) is 4.46. The highest BCUT2D eigenvalue weighted by Crippen LogP contribution is 2.48. The van der Waals surface area contributed by atoms with Crippen molar-refractivity contribution in [1.29, 1.82) is 0 Å². The summed E-state index contributed by atoms with van der Waals surface area (Å²) in [6.07, 6.45) is 0.409. The van der Waals surface area contributed by atoms with Crippen LogP contribution < -0.4 is 19.1 Å². The van der Waals surface area contributed by atoms with E-state index in [0.717, 1.165) is 16.1 Å². The van der Waals surface area contributed by atoms with E-state index in [1.54, 1.807) is 33.1 Å². The van der Waals surface area contributed by atoms with Gasteiger partial charge in [-0.25, -0.2) is 0 Å². The number of carbonyl (C=O) groups excluding carboxylic acids is 1. The smallest absolute Gasteiger partial charge is 0.228 e. The van der Waals surface area contributed by atoms with E-state index in [0.29, 0.717) is 30.2 Å². The molecule has 1 aliphatic rings. The van der Waals surface area contributed by atoms with E-state index >= 15 is 0 Å². The molecule has 1 amide bonds. The summed E-state index contributed by atoms with van der Waals surface area (Å²) >= 11 is 1.69. The van der Waals surface area contributed by atoms with Crippen LogP contribution in [0, 0.1) is 0 Å². The molecule has 26 heavy (non-hydrogen) atoms. The second-order valence-electron chi connectivity index (χ2n) is 5.88. The molecule has 0 unspecified atom stereocenters. The summed E-state index contributed by atoms with van der Waals surface area (Å²) in [5, 5.41) is -0.0334. The third kappa shape index (κ3) is 3.33. The Labute approximate surface area is 158 Å². The molecule has 0 bridgehead atoms. The van der Waals surface area contributed by atoms with Gasteiger partial charge in [-0.05, 0) is 36.8 Å². The normalized spacial score (nSPS) is 16.7. The van der Waals surface area contributed by atoms with Crippen molar-refractivity contribution >= 4 is 23.4 Å². The largest absolute Gasteiger partial charge is 0.493 e. The van der Waals surface area contributed by atoms with Crippen molar-refractivity contribution in [2.75, 3.05) is 32.8 Å². The molecule has 1 atom stereocenters. The molecular weight excluding hydrogens is 350 g/mol. The number of benzene rings is 2. The number of para-hydroxylation sites is 1. The van der Waals surface area contributed by atoms with E-state index in [1.165, 1.54) is 0 Å². The minimum absolute atomic E-state index is 0.0334. The number of carbonyl (C=O) groups is 1. The molecule has 1 heterocycles. The summed E-state index contributed by atoms with van der Waals surface area (Å²) in [7, 11) is 4.78. The average molecular weight is 373 g/mol. The summed E-state index contributed by atoms with van der Waals surface area (Å²) in [5.74, 6) is 1.86. The van der Waals surface area contributed by atoms with Crippen LogP contribution in [-0.2, 0) is 4.79 Å². The number of hydrogen-bond acceptors (Lipinski definition) is 5. The Bertz CT molecular complexity index is 783. The summed E-state index contributed by atoms with van der Waals surface area (Å²) in [5.41, 5.74) is 1.95. The molecule has 6 heteroatoms. The second kappa shape index (κ2) is 7.91. The first-order valence-electron chi connectivity index (χ1n) is 8.48. The lowest BCUT2D eigenvalue weighted by Gasteiger charge is -2.20. The minimum Gasteiger partial charge on any atom is -0.493 e. The maximum absolute atomic E-state index is 12.8. The average Bonchev–Trinajstić information content (AvgIpc) is 2.82. The van der Waals surface area contributed by atoms with Gasteiger partial charge in [0.2, 0.25) is 11.7 Å². The number of methoxy groups -OCH3 is 3. The quantitative estimate of drug-likeness (QED) is 0.782. The van der Waals surface area contributed by atoms with Gasteiger partial charge in [-0.3, -0.25) is 4.79 Å². The molecular formula is C20H23NO4S. The Morgan fingerprint density at radius 2 is 1.73 bits per heavy atom. The van der Waals surface area contributed by atoms with Crippen LogP contribution in [0.3, 0.4) is 0 Å². The molecule has 1 aliphatic heterocycles. The Hall–Kier alpha value is -2.34. The lowest BCUT2D eigenvalue weighted by Crippen LogP contribution is -2.30.